The number of hydrogen-bond donors (Lipinski definition) is 2. The number of primary amides is 1. The molecule has 0 fully saturated rings. The van der Waals surface area contributed by atoms with E-state index in [1.54, 1.807) is 0 Å². The van der Waals surface area contributed by atoms with Gasteiger partial charge in [0.25, 0.3) is 0 Å². The van der Waals surface area contributed by atoms with Gasteiger partial charge in [0, 0.05) is 0 Å². The van der Waals surface area contributed by atoms with Gasteiger partial charge in [-0.1, -0.05) is 40.9 Å². The Kier molecular flexibility index (Phi) is 6.22. The monoisotopic (exact) mass is 412 g/mol. The zero-order chi connectivity index (χ0) is 18.5. The summed E-state index contributed by atoms with van der Waals surface area (Å²) in [5, 5.41) is 10.9. The van der Waals surface area contributed by atoms with Crippen molar-refractivity contribution in [3.05, 3.63) is 23.8 Å². The van der Waals surface area contributed by atoms with Gasteiger partial charge in [-0.05, 0) is 24.6 Å². The van der Waals surface area contributed by atoms with Gasteiger partial charge in [-0.25, -0.2) is 0 Å². The number of carbonyl (C=O) groups is 2. The summed E-state index contributed by atoms with van der Waals surface area (Å²) in [6, 6.07) is 5.45. The molecule has 0 spiro atoms. The standard InChI is InChI=1S/C15H16N4O4S3/c1-8(9-2-3-10-11(4-9)23-7-22-10)17-13(21)6-25-15-19-18-14(26-15)24-5-12(16)20/h2-4,8H,5-7H2,1H3,(H2,16,20)(H,17,21). The predicted octanol–water partition coefficient (Wildman–Crippen LogP) is 1.81. The minimum atomic E-state index is -0.406. The largest absolute Gasteiger partial charge is 0.454 e. The van der Waals surface area contributed by atoms with Crippen molar-refractivity contribution < 1.29 is 19.1 Å². The zero-order valence-corrected chi connectivity index (χ0v) is 16.2. The summed E-state index contributed by atoms with van der Waals surface area (Å²) in [5.41, 5.74) is 6.03. The molecular formula is C15H16N4O4S3. The Morgan fingerprint density at radius 3 is 2.65 bits per heavy atom. The van der Waals surface area contributed by atoms with Gasteiger partial charge < -0.3 is 20.5 Å². The van der Waals surface area contributed by atoms with Crippen LogP contribution in [0.4, 0.5) is 0 Å². The number of fused-ring (bicyclic) bond motifs is 1. The third kappa shape index (κ3) is 5.02. The summed E-state index contributed by atoms with van der Waals surface area (Å²) < 4.78 is 12.0. The second-order valence-corrected chi connectivity index (χ2v) is 8.70. The van der Waals surface area contributed by atoms with E-state index in [9.17, 15) is 9.59 Å². The molecule has 2 heterocycles. The molecule has 0 radical (unpaired) electrons. The Bertz CT molecular complexity index is 814. The van der Waals surface area contributed by atoms with Gasteiger partial charge in [0.05, 0.1) is 17.5 Å². The lowest BCUT2D eigenvalue weighted by atomic mass is 10.1. The fourth-order valence-electron chi connectivity index (χ4n) is 2.12. The molecule has 1 unspecified atom stereocenters. The molecule has 3 N–H and O–H groups in total. The Hall–Kier alpha value is -1.98. The lowest BCUT2D eigenvalue weighted by Gasteiger charge is -2.14. The fraction of sp³-hybridized carbons (Fsp3) is 0.333. The number of hydrogen-bond acceptors (Lipinski definition) is 9. The van der Waals surface area contributed by atoms with Gasteiger partial charge in [-0.2, -0.15) is 0 Å². The smallest absolute Gasteiger partial charge is 0.231 e. The Morgan fingerprint density at radius 2 is 1.92 bits per heavy atom. The molecule has 0 bridgehead atoms. The Labute approximate surface area is 162 Å². The molecule has 0 saturated carbocycles. The number of amides is 2. The topological polar surface area (TPSA) is 116 Å². The summed E-state index contributed by atoms with van der Waals surface area (Å²) in [7, 11) is 0. The molecule has 1 aromatic heterocycles. The molecule has 8 nitrogen and oxygen atoms in total. The normalized spacial score (nSPS) is 13.4. The van der Waals surface area contributed by atoms with Crippen LogP contribution in [-0.2, 0) is 9.59 Å². The summed E-state index contributed by atoms with van der Waals surface area (Å²) in [6.07, 6.45) is 0. The highest BCUT2D eigenvalue weighted by Crippen LogP contribution is 2.34. The van der Waals surface area contributed by atoms with Crippen molar-refractivity contribution in [3.8, 4) is 11.5 Å². The number of nitrogens with zero attached hydrogens (tertiary/aromatic N) is 2. The molecule has 1 aliphatic rings. The molecule has 0 aliphatic carbocycles. The maximum absolute atomic E-state index is 12.2. The molecule has 138 valence electrons. The summed E-state index contributed by atoms with van der Waals surface area (Å²) in [5.74, 6) is 1.27. The fourth-order valence-corrected chi connectivity index (χ4v) is 4.69. The molecule has 26 heavy (non-hydrogen) atoms. The predicted molar refractivity (Wildman–Crippen MR) is 99.7 cm³/mol. The maximum Gasteiger partial charge on any atom is 0.231 e. The van der Waals surface area contributed by atoms with Crippen molar-refractivity contribution in [3.63, 3.8) is 0 Å². The third-order valence-corrected chi connectivity index (χ3v) is 6.54. The van der Waals surface area contributed by atoms with E-state index >= 15 is 0 Å². The van der Waals surface area contributed by atoms with E-state index in [4.69, 9.17) is 15.2 Å². The summed E-state index contributed by atoms with van der Waals surface area (Å²) in [4.78, 5) is 22.9. The molecule has 0 saturated heterocycles. The maximum atomic E-state index is 12.2. The van der Waals surface area contributed by atoms with Crippen LogP contribution in [0, 0.1) is 0 Å². The first kappa shape index (κ1) is 18.8. The first-order valence-electron chi connectivity index (χ1n) is 7.57. The molecule has 2 amide bonds. The summed E-state index contributed by atoms with van der Waals surface area (Å²) >= 11 is 3.87. The van der Waals surface area contributed by atoms with E-state index in [1.807, 2.05) is 25.1 Å². The molecule has 2 aromatic rings. The van der Waals surface area contributed by atoms with Gasteiger partial charge in [0.1, 0.15) is 0 Å². The van der Waals surface area contributed by atoms with Gasteiger partial charge in [-0.15, -0.1) is 10.2 Å². The van der Waals surface area contributed by atoms with E-state index in [1.165, 1.54) is 34.9 Å². The number of thioether (sulfide) groups is 2. The van der Waals surface area contributed by atoms with E-state index in [2.05, 4.69) is 15.5 Å². The highest BCUT2D eigenvalue weighted by molar-refractivity contribution is 8.03. The highest BCUT2D eigenvalue weighted by atomic mass is 32.2. The molecular weight excluding hydrogens is 396 g/mol. The van der Waals surface area contributed by atoms with Crippen LogP contribution in [-0.4, -0.2) is 40.3 Å². The van der Waals surface area contributed by atoms with Crippen molar-refractivity contribution in [1.29, 1.82) is 0 Å². The average Bonchev–Trinajstić information content (AvgIpc) is 3.26. The zero-order valence-electron chi connectivity index (χ0n) is 13.8. The van der Waals surface area contributed by atoms with Crippen LogP contribution in [0.3, 0.4) is 0 Å². The number of benzene rings is 1. The second kappa shape index (κ2) is 8.60. The first-order chi connectivity index (χ1) is 12.5. The van der Waals surface area contributed by atoms with E-state index in [0.717, 1.165) is 5.56 Å². The van der Waals surface area contributed by atoms with Gasteiger partial charge in [0.15, 0.2) is 20.2 Å². The molecule has 1 aliphatic heterocycles. The van der Waals surface area contributed by atoms with Crippen molar-refractivity contribution >= 4 is 46.7 Å². The van der Waals surface area contributed by atoms with Crippen molar-refractivity contribution in [2.75, 3.05) is 18.3 Å². The number of aromatic nitrogens is 2. The molecule has 1 atom stereocenters. The number of carbonyl (C=O) groups excluding carboxylic acids is 2. The molecule has 3 rings (SSSR count). The van der Waals surface area contributed by atoms with E-state index in [-0.39, 0.29) is 30.2 Å². The minimum absolute atomic E-state index is 0.110. The Balaban J connectivity index is 1.47. The third-order valence-electron chi connectivity index (χ3n) is 3.33. The van der Waals surface area contributed by atoms with Crippen LogP contribution in [0.2, 0.25) is 0 Å². The lowest BCUT2D eigenvalue weighted by molar-refractivity contribution is -0.119. The number of nitrogens with one attached hydrogen (secondary N) is 1. The van der Waals surface area contributed by atoms with Gasteiger partial charge in [0.2, 0.25) is 18.6 Å². The van der Waals surface area contributed by atoms with Crippen molar-refractivity contribution in [2.45, 2.75) is 21.6 Å². The quantitative estimate of drug-likeness (QED) is 0.631. The number of rotatable bonds is 8. The SMILES string of the molecule is CC(NC(=O)CSc1nnc(SCC(N)=O)s1)c1ccc2c(c1)OCO2. The van der Waals surface area contributed by atoms with Crippen LogP contribution in [0.5, 0.6) is 11.5 Å². The van der Waals surface area contributed by atoms with Crippen molar-refractivity contribution in [1.82, 2.24) is 15.5 Å². The van der Waals surface area contributed by atoms with Crippen LogP contribution >= 0.6 is 34.9 Å². The van der Waals surface area contributed by atoms with Gasteiger partial charge in [-0.3, -0.25) is 9.59 Å². The number of nitrogens with two attached hydrogens (primary N) is 1. The van der Waals surface area contributed by atoms with E-state index in [0.29, 0.717) is 20.2 Å². The minimum Gasteiger partial charge on any atom is -0.454 e. The van der Waals surface area contributed by atoms with Crippen LogP contribution in [0.25, 0.3) is 0 Å². The number of ether oxygens (including phenoxy) is 2. The van der Waals surface area contributed by atoms with Crippen LogP contribution in [0.1, 0.15) is 18.5 Å². The Morgan fingerprint density at radius 1 is 1.23 bits per heavy atom. The lowest BCUT2D eigenvalue weighted by Crippen LogP contribution is -2.28. The molecule has 11 heteroatoms. The molecule has 1 aromatic carbocycles. The van der Waals surface area contributed by atoms with Crippen molar-refractivity contribution in [2.24, 2.45) is 5.73 Å². The highest BCUT2D eigenvalue weighted by Gasteiger charge is 2.17. The second-order valence-electron chi connectivity index (χ2n) is 5.28. The van der Waals surface area contributed by atoms with E-state index < -0.39 is 5.91 Å². The first-order valence-corrected chi connectivity index (χ1v) is 10.4. The van der Waals surface area contributed by atoms with Gasteiger partial charge >= 0.3 is 0 Å². The average molecular weight is 413 g/mol. The van der Waals surface area contributed by atoms with Crippen LogP contribution in [0.15, 0.2) is 26.9 Å². The summed E-state index contributed by atoms with van der Waals surface area (Å²) in [6.45, 7) is 2.13. The van der Waals surface area contributed by atoms with Crippen LogP contribution < -0.4 is 20.5 Å².